The molecule has 1 fully saturated rings. The fourth-order valence-corrected chi connectivity index (χ4v) is 2.95. The van der Waals surface area contributed by atoms with E-state index >= 15 is 0 Å². The van der Waals surface area contributed by atoms with Gasteiger partial charge < -0.3 is 10.0 Å². The maximum atomic E-state index is 10.8. The molecular weight excluding hydrogens is 278 g/mol. The minimum atomic E-state index is -1.05. The Morgan fingerprint density at radius 2 is 1.82 bits per heavy atom. The van der Waals surface area contributed by atoms with E-state index in [4.69, 9.17) is 5.11 Å². The van der Waals surface area contributed by atoms with E-state index in [-0.39, 0.29) is 11.1 Å². The summed E-state index contributed by atoms with van der Waals surface area (Å²) in [6.45, 7) is 4.10. The second kappa shape index (κ2) is 5.75. The highest BCUT2D eigenvalue weighted by molar-refractivity contribution is 5.84. The van der Waals surface area contributed by atoms with Crippen LogP contribution in [0.5, 0.6) is 0 Å². The van der Waals surface area contributed by atoms with E-state index in [0.29, 0.717) is 0 Å². The summed E-state index contributed by atoms with van der Waals surface area (Å²) in [5, 5.41) is 8.86. The van der Waals surface area contributed by atoms with E-state index in [2.05, 4.69) is 46.1 Å². The first-order chi connectivity index (χ1) is 10.6. The van der Waals surface area contributed by atoms with Gasteiger partial charge in [0.05, 0.1) is 12.4 Å². The molecule has 0 spiro atoms. The first-order valence-corrected chi connectivity index (χ1v) is 7.44. The summed E-state index contributed by atoms with van der Waals surface area (Å²) in [4.78, 5) is 21.2. The third-order valence-electron chi connectivity index (χ3n) is 4.52. The SMILES string of the molecule is CC1(c2ccccc2)CCN(c2cnc(C(=O)O)cn2)CC1. The van der Waals surface area contributed by atoms with E-state index in [1.165, 1.54) is 11.8 Å². The molecule has 2 aromatic rings. The van der Waals surface area contributed by atoms with Crippen molar-refractivity contribution < 1.29 is 9.90 Å². The lowest BCUT2D eigenvalue weighted by atomic mass is 9.74. The minimum absolute atomic E-state index is 0.0186. The number of carboxylic acid groups (broad SMARTS) is 1. The van der Waals surface area contributed by atoms with Gasteiger partial charge in [-0.1, -0.05) is 37.3 Å². The molecule has 0 unspecified atom stereocenters. The van der Waals surface area contributed by atoms with Gasteiger partial charge in [-0.15, -0.1) is 0 Å². The van der Waals surface area contributed by atoms with Crippen molar-refractivity contribution in [1.29, 1.82) is 0 Å². The van der Waals surface area contributed by atoms with Gasteiger partial charge in [-0.05, 0) is 23.8 Å². The number of piperidine rings is 1. The first kappa shape index (κ1) is 14.5. The summed E-state index contributed by atoms with van der Waals surface area (Å²) in [6.07, 6.45) is 4.95. The summed E-state index contributed by atoms with van der Waals surface area (Å²) in [5.41, 5.74) is 1.54. The lowest BCUT2D eigenvalue weighted by molar-refractivity contribution is 0.0690. The molecule has 0 atom stereocenters. The molecule has 0 amide bonds. The number of carboxylic acids is 1. The van der Waals surface area contributed by atoms with Crippen molar-refractivity contribution in [1.82, 2.24) is 9.97 Å². The number of benzene rings is 1. The third-order valence-corrected chi connectivity index (χ3v) is 4.52. The zero-order chi connectivity index (χ0) is 15.6. The summed E-state index contributed by atoms with van der Waals surface area (Å²) >= 11 is 0. The lowest BCUT2D eigenvalue weighted by Gasteiger charge is -2.40. The van der Waals surface area contributed by atoms with Crippen LogP contribution in [0.4, 0.5) is 5.82 Å². The van der Waals surface area contributed by atoms with Gasteiger partial charge in [-0.25, -0.2) is 14.8 Å². The molecule has 1 aliphatic rings. The second-order valence-electron chi connectivity index (χ2n) is 5.98. The number of hydrogen-bond acceptors (Lipinski definition) is 4. The van der Waals surface area contributed by atoms with Crippen molar-refractivity contribution in [2.24, 2.45) is 0 Å². The summed E-state index contributed by atoms with van der Waals surface area (Å²) in [5.74, 6) is -0.297. The van der Waals surface area contributed by atoms with Crippen molar-refractivity contribution in [3.05, 3.63) is 54.0 Å². The molecule has 2 heterocycles. The van der Waals surface area contributed by atoms with Gasteiger partial charge in [0.25, 0.3) is 0 Å². The Balaban J connectivity index is 1.70. The molecule has 22 heavy (non-hydrogen) atoms. The zero-order valence-electron chi connectivity index (χ0n) is 12.6. The molecule has 0 saturated carbocycles. The van der Waals surface area contributed by atoms with Gasteiger partial charge in [-0.2, -0.15) is 0 Å². The zero-order valence-corrected chi connectivity index (χ0v) is 12.6. The van der Waals surface area contributed by atoms with Crippen LogP contribution in [0.25, 0.3) is 0 Å². The van der Waals surface area contributed by atoms with Crippen LogP contribution in [-0.4, -0.2) is 34.1 Å². The van der Waals surface area contributed by atoms with Crippen molar-refractivity contribution in [3.8, 4) is 0 Å². The fourth-order valence-electron chi connectivity index (χ4n) is 2.95. The van der Waals surface area contributed by atoms with Crippen LogP contribution >= 0.6 is 0 Å². The van der Waals surface area contributed by atoms with E-state index in [9.17, 15) is 4.79 Å². The molecule has 1 saturated heterocycles. The normalized spacial score (nSPS) is 17.2. The van der Waals surface area contributed by atoms with Gasteiger partial charge in [0.1, 0.15) is 5.82 Å². The van der Waals surface area contributed by atoms with E-state index < -0.39 is 5.97 Å². The van der Waals surface area contributed by atoms with Crippen LogP contribution in [0.2, 0.25) is 0 Å². The Morgan fingerprint density at radius 3 is 2.36 bits per heavy atom. The molecular formula is C17H19N3O2. The quantitative estimate of drug-likeness (QED) is 0.943. The van der Waals surface area contributed by atoms with Crippen LogP contribution in [0.3, 0.4) is 0 Å². The molecule has 1 N–H and O–H groups in total. The molecule has 1 aromatic carbocycles. The highest BCUT2D eigenvalue weighted by Gasteiger charge is 2.32. The highest BCUT2D eigenvalue weighted by Crippen LogP contribution is 2.35. The molecule has 114 valence electrons. The van der Waals surface area contributed by atoms with Crippen LogP contribution in [0.1, 0.15) is 35.8 Å². The van der Waals surface area contributed by atoms with Gasteiger partial charge in [0.2, 0.25) is 0 Å². The Bertz CT molecular complexity index is 647. The van der Waals surface area contributed by atoms with Crippen molar-refractivity contribution in [2.45, 2.75) is 25.2 Å². The Morgan fingerprint density at radius 1 is 1.14 bits per heavy atom. The number of carbonyl (C=O) groups is 1. The Kier molecular flexibility index (Phi) is 3.79. The molecule has 1 aliphatic heterocycles. The molecule has 5 heteroatoms. The van der Waals surface area contributed by atoms with Crippen LogP contribution in [-0.2, 0) is 5.41 Å². The van der Waals surface area contributed by atoms with Gasteiger partial charge >= 0.3 is 5.97 Å². The number of nitrogens with zero attached hydrogens (tertiary/aromatic N) is 3. The average Bonchev–Trinajstić information content (AvgIpc) is 2.56. The van der Waals surface area contributed by atoms with E-state index in [0.717, 1.165) is 31.7 Å². The fraction of sp³-hybridized carbons (Fsp3) is 0.353. The lowest BCUT2D eigenvalue weighted by Crippen LogP contribution is -2.41. The standard InChI is InChI=1S/C17H19N3O2/c1-17(13-5-3-2-4-6-13)7-9-20(10-8-17)15-12-18-14(11-19-15)16(21)22/h2-6,11-12H,7-10H2,1H3,(H,21,22). The Labute approximate surface area is 129 Å². The van der Waals surface area contributed by atoms with E-state index in [1.54, 1.807) is 6.20 Å². The monoisotopic (exact) mass is 297 g/mol. The first-order valence-electron chi connectivity index (χ1n) is 7.44. The molecule has 0 radical (unpaired) electrons. The predicted molar refractivity (Wildman–Crippen MR) is 84.2 cm³/mol. The summed E-state index contributed by atoms with van der Waals surface area (Å²) in [6, 6.07) is 10.6. The maximum Gasteiger partial charge on any atom is 0.356 e. The van der Waals surface area contributed by atoms with E-state index in [1.807, 2.05) is 6.07 Å². The maximum absolute atomic E-state index is 10.8. The summed E-state index contributed by atoms with van der Waals surface area (Å²) < 4.78 is 0. The van der Waals surface area contributed by atoms with Gasteiger partial charge in [0.15, 0.2) is 5.69 Å². The second-order valence-corrected chi connectivity index (χ2v) is 5.98. The molecule has 5 nitrogen and oxygen atoms in total. The number of rotatable bonds is 3. The van der Waals surface area contributed by atoms with Crippen molar-refractivity contribution in [2.75, 3.05) is 18.0 Å². The molecule has 1 aromatic heterocycles. The molecule has 0 bridgehead atoms. The molecule has 3 rings (SSSR count). The van der Waals surface area contributed by atoms with Gasteiger partial charge in [0, 0.05) is 13.1 Å². The number of aromatic nitrogens is 2. The number of aromatic carboxylic acids is 1. The predicted octanol–water partition coefficient (Wildman–Crippen LogP) is 2.73. The number of anilines is 1. The Hall–Kier alpha value is -2.43. The average molecular weight is 297 g/mol. The van der Waals surface area contributed by atoms with Crippen LogP contribution in [0, 0.1) is 0 Å². The summed E-state index contributed by atoms with van der Waals surface area (Å²) in [7, 11) is 0. The molecule has 0 aliphatic carbocycles. The highest BCUT2D eigenvalue weighted by atomic mass is 16.4. The smallest absolute Gasteiger partial charge is 0.356 e. The van der Waals surface area contributed by atoms with Crippen molar-refractivity contribution >= 4 is 11.8 Å². The van der Waals surface area contributed by atoms with Crippen LogP contribution < -0.4 is 4.90 Å². The van der Waals surface area contributed by atoms with Gasteiger partial charge in [-0.3, -0.25) is 0 Å². The number of hydrogen-bond donors (Lipinski definition) is 1. The largest absolute Gasteiger partial charge is 0.476 e. The topological polar surface area (TPSA) is 66.3 Å². The van der Waals surface area contributed by atoms with Crippen LogP contribution in [0.15, 0.2) is 42.7 Å². The third kappa shape index (κ3) is 2.79. The minimum Gasteiger partial charge on any atom is -0.476 e. The van der Waals surface area contributed by atoms with Crippen molar-refractivity contribution in [3.63, 3.8) is 0 Å².